The van der Waals surface area contributed by atoms with Gasteiger partial charge in [-0.1, -0.05) is 30.3 Å². The molecule has 0 bridgehead atoms. The molecule has 140 valence electrons. The van der Waals surface area contributed by atoms with Crippen LogP contribution >= 0.6 is 11.8 Å². The van der Waals surface area contributed by atoms with Gasteiger partial charge in [0.1, 0.15) is 16.5 Å². The number of benzene rings is 2. The average Bonchev–Trinajstić information content (AvgIpc) is 2.89. The Balaban J connectivity index is 1.81. The highest BCUT2D eigenvalue weighted by Crippen LogP contribution is 2.37. The Morgan fingerprint density at radius 3 is 2.65 bits per heavy atom. The maximum absolute atomic E-state index is 14.1. The molecule has 0 aliphatic carbocycles. The second-order valence-electron chi connectivity index (χ2n) is 5.95. The molecule has 0 aromatic heterocycles. The van der Waals surface area contributed by atoms with Crippen molar-refractivity contribution in [3.63, 3.8) is 0 Å². The Labute approximate surface area is 158 Å². The molecule has 7 heteroatoms. The molecule has 1 saturated heterocycles. The third-order valence-electron chi connectivity index (χ3n) is 4.32. The molecule has 1 unspecified atom stereocenters. The fourth-order valence-corrected chi connectivity index (χ4v) is 6.01. The Morgan fingerprint density at radius 2 is 1.88 bits per heavy atom. The zero-order valence-electron chi connectivity index (χ0n) is 14.6. The Hall–Kier alpha value is -1.57. The summed E-state index contributed by atoms with van der Waals surface area (Å²) in [6.45, 7) is 2.98. The molecule has 0 N–H and O–H groups in total. The van der Waals surface area contributed by atoms with Crippen LogP contribution in [0, 0.1) is 5.82 Å². The summed E-state index contributed by atoms with van der Waals surface area (Å²) < 4.78 is 47.3. The second kappa shape index (κ2) is 8.41. The van der Waals surface area contributed by atoms with Gasteiger partial charge in [0.15, 0.2) is 0 Å². The largest absolute Gasteiger partial charge is 0.492 e. The molecule has 1 atom stereocenters. The molecule has 26 heavy (non-hydrogen) atoms. The van der Waals surface area contributed by atoms with Crippen LogP contribution in [0.15, 0.2) is 53.4 Å². The highest BCUT2D eigenvalue weighted by molar-refractivity contribution is 7.99. The summed E-state index contributed by atoms with van der Waals surface area (Å²) in [5.41, 5.74) is 0.645. The molecule has 3 rings (SSSR count). The van der Waals surface area contributed by atoms with Crippen molar-refractivity contribution in [3.8, 4) is 5.75 Å². The summed E-state index contributed by atoms with van der Waals surface area (Å²) in [7, 11) is -3.65. The van der Waals surface area contributed by atoms with Gasteiger partial charge in [-0.2, -0.15) is 16.1 Å². The number of sulfonamides is 1. The lowest BCUT2D eigenvalue weighted by molar-refractivity contribution is 0.329. The Morgan fingerprint density at radius 1 is 1.15 bits per heavy atom. The van der Waals surface area contributed by atoms with Crippen molar-refractivity contribution >= 4 is 21.8 Å². The summed E-state index contributed by atoms with van der Waals surface area (Å²) in [5, 5.41) is -0.0430. The summed E-state index contributed by atoms with van der Waals surface area (Å²) >= 11 is 1.60. The molecular weight excluding hydrogens is 373 g/mol. The first-order valence-corrected chi connectivity index (χ1v) is 11.1. The van der Waals surface area contributed by atoms with Crippen molar-refractivity contribution in [2.75, 3.05) is 25.4 Å². The lowest BCUT2D eigenvalue weighted by atomic mass is 10.1. The second-order valence-corrected chi connectivity index (χ2v) is 9.17. The summed E-state index contributed by atoms with van der Waals surface area (Å²) in [6.07, 6.45) is 0.571. The monoisotopic (exact) mass is 395 g/mol. The van der Waals surface area contributed by atoms with Gasteiger partial charge in [-0.15, -0.1) is 0 Å². The van der Waals surface area contributed by atoms with Crippen LogP contribution in [0.2, 0.25) is 0 Å². The lowest BCUT2D eigenvalue weighted by Gasteiger charge is -2.21. The third-order valence-corrected chi connectivity index (χ3v) is 7.57. The number of ether oxygens (including phenoxy) is 1. The van der Waals surface area contributed by atoms with Crippen molar-refractivity contribution in [1.82, 2.24) is 4.31 Å². The number of nitrogens with zero attached hydrogens (tertiary/aromatic N) is 1. The first-order valence-electron chi connectivity index (χ1n) is 8.62. The summed E-state index contributed by atoms with van der Waals surface area (Å²) in [6, 6.07) is 13.4. The first kappa shape index (κ1) is 19.2. The van der Waals surface area contributed by atoms with E-state index in [-0.39, 0.29) is 16.0 Å². The topological polar surface area (TPSA) is 46.6 Å². The van der Waals surface area contributed by atoms with Gasteiger partial charge >= 0.3 is 0 Å². The van der Waals surface area contributed by atoms with E-state index >= 15 is 0 Å². The standard InChI is InChI=1S/C19H22FNO3S2/c1-2-24-17-9-5-6-10-19(17)26(22,23)21-12-11-18(25-14-13-21)15-7-3-4-8-16(15)20/h3-10,18H,2,11-14H2,1H3. The third kappa shape index (κ3) is 4.05. The lowest BCUT2D eigenvalue weighted by Crippen LogP contribution is -2.33. The zero-order valence-corrected chi connectivity index (χ0v) is 16.2. The van der Waals surface area contributed by atoms with Gasteiger partial charge in [0.25, 0.3) is 0 Å². The quantitative estimate of drug-likeness (QED) is 0.765. The van der Waals surface area contributed by atoms with Crippen LogP contribution in [0.5, 0.6) is 5.75 Å². The number of rotatable bonds is 5. The van der Waals surface area contributed by atoms with Crippen molar-refractivity contribution in [1.29, 1.82) is 0 Å². The van der Waals surface area contributed by atoms with Gasteiger partial charge in [0.2, 0.25) is 10.0 Å². The van der Waals surface area contributed by atoms with Crippen LogP contribution in [-0.4, -0.2) is 38.2 Å². The van der Waals surface area contributed by atoms with Crippen molar-refractivity contribution in [2.24, 2.45) is 0 Å². The van der Waals surface area contributed by atoms with Crippen LogP contribution in [0.3, 0.4) is 0 Å². The van der Waals surface area contributed by atoms with Crippen molar-refractivity contribution < 1.29 is 17.5 Å². The summed E-state index contributed by atoms with van der Waals surface area (Å²) in [4.78, 5) is 0.191. The van der Waals surface area contributed by atoms with Crippen LogP contribution in [0.25, 0.3) is 0 Å². The van der Waals surface area contributed by atoms with Gasteiger partial charge < -0.3 is 4.74 Å². The first-order chi connectivity index (χ1) is 12.5. The number of para-hydroxylation sites is 1. The molecule has 0 amide bonds. The molecule has 1 heterocycles. The van der Waals surface area contributed by atoms with E-state index < -0.39 is 10.0 Å². The normalized spacial score (nSPS) is 19.1. The molecule has 0 radical (unpaired) electrons. The molecule has 2 aromatic rings. The van der Waals surface area contributed by atoms with Gasteiger partial charge in [-0.3, -0.25) is 0 Å². The number of hydrogen-bond acceptors (Lipinski definition) is 4. The van der Waals surface area contributed by atoms with Crippen LogP contribution in [-0.2, 0) is 10.0 Å². The highest BCUT2D eigenvalue weighted by atomic mass is 32.2. The van der Waals surface area contributed by atoms with E-state index in [2.05, 4.69) is 0 Å². The van der Waals surface area contributed by atoms with Crippen LogP contribution < -0.4 is 4.74 Å². The minimum Gasteiger partial charge on any atom is -0.492 e. The molecule has 4 nitrogen and oxygen atoms in total. The van der Waals surface area contributed by atoms with Gasteiger partial charge in [-0.05, 0) is 31.5 Å². The van der Waals surface area contributed by atoms with Crippen LogP contribution in [0.4, 0.5) is 4.39 Å². The predicted molar refractivity (Wildman–Crippen MR) is 103 cm³/mol. The maximum atomic E-state index is 14.1. The Bertz CT molecular complexity index is 857. The number of halogens is 1. The SMILES string of the molecule is CCOc1ccccc1S(=O)(=O)N1CCSC(c2ccccc2F)CC1. The van der Waals surface area contributed by atoms with E-state index in [1.807, 2.05) is 13.0 Å². The van der Waals surface area contributed by atoms with Gasteiger partial charge in [0, 0.05) is 29.7 Å². The van der Waals surface area contributed by atoms with Gasteiger partial charge in [-0.25, -0.2) is 12.8 Å². The minimum atomic E-state index is -3.65. The minimum absolute atomic E-state index is 0.0430. The molecule has 1 aliphatic rings. The molecule has 2 aromatic carbocycles. The van der Waals surface area contributed by atoms with E-state index in [1.54, 1.807) is 48.2 Å². The predicted octanol–water partition coefficient (Wildman–Crippen LogP) is 4.09. The average molecular weight is 396 g/mol. The number of thioether (sulfide) groups is 1. The van der Waals surface area contributed by atoms with Crippen molar-refractivity contribution in [2.45, 2.75) is 23.5 Å². The fourth-order valence-electron chi connectivity index (χ4n) is 3.05. The van der Waals surface area contributed by atoms with E-state index in [9.17, 15) is 12.8 Å². The molecule has 0 saturated carbocycles. The van der Waals surface area contributed by atoms with E-state index in [0.717, 1.165) is 0 Å². The van der Waals surface area contributed by atoms with E-state index in [1.165, 1.54) is 10.4 Å². The molecule has 0 spiro atoms. The highest BCUT2D eigenvalue weighted by Gasteiger charge is 2.31. The molecule has 1 aliphatic heterocycles. The van der Waals surface area contributed by atoms with Crippen LogP contribution in [0.1, 0.15) is 24.2 Å². The molecule has 1 fully saturated rings. The van der Waals surface area contributed by atoms with E-state index in [0.29, 0.717) is 43.2 Å². The molecular formula is C19H22FNO3S2. The van der Waals surface area contributed by atoms with Gasteiger partial charge in [0.05, 0.1) is 6.61 Å². The van der Waals surface area contributed by atoms with E-state index in [4.69, 9.17) is 4.74 Å². The zero-order chi connectivity index (χ0) is 18.6. The summed E-state index contributed by atoms with van der Waals surface area (Å²) in [5.74, 6) is 0.759. The Kier molecular flexibility index (Phi) is 6.21. The maximum Gasteiger partial charge on any atom is 0.246 e. The van der Waals surface area contributed by atoms with Crippen molar-refractivity contribution in [3.05, 3.63) is 59.9 Å². The smallest absolute Gasteiger partial charge is 0.246 e. The number of hydrogen-bond donors (Lipinski definition) is 0. The fraction of sp³-hybridized carbons (Fsp3) is 0.368.